The first kappa shape index (κ1) is 17.9. The smallest absolute Gasteiger partial charge is 0.439 e. The SMILES string of the molecule is CCN1CCC(COc2cccc3c(C(C)(C)C)nc(=O)oc23)CC1. The van der Waals surface area contributed by atoms with Gasteiger partial charge >= 0.3 is 5.76 Å². The van der Waals surface area contributed by atoms with Gasteiger partial charge in [0.25, 0.3) is 0 Å². The van der Waals surface area contributed by atoms with Gasteiger partial charge in [-0.25, -0.2) is 4.79 Å². The molecular weight excluding hydrogens is 316 g/mol. The van der Waals surface area contributed by atoms with Crippen LogP contribution in [-0.4, -0.2) is 36.1 Å². The quantitative estimate of drug-likeness (QED) is 0.848. The summed E-state index contributed by atoms with van der Waals surface area (Å²) in [6, 6.07) is 5.76. The summed E-state index contributed by atoms with van der Waals surface area (Å²) in [5.74, 6) is 0.624. The maximum atomic E-state index is 11.9. The van der Waals surface area contributed by atoms with Crippen molar-refractivity contribution in [2.75, 3.05) is 26.2 Å². The summed E-state index contributed by atoms with van der Waals surface area (Å²) in [7, 11) is 0. The van der Waals surface area contributed by atoms with Gasteiger partial charge in [0.15, 0.2) is 11.3 Å². The highest BCUT2D eigenvalue weighted by atomic mass is 16.5. The second-order valence-corrected chi connectivity index (χ2v) is 7.90. The van der Waals surface area contributed by atoms with Gasteiger partial charge in [0.2, 0.25) is 0 Å². The summed E-state index contributed by atoms with van der Waals surface area (Å²) >= 11 is 0. The van der Waals surface area contributed by atoms with Crippen molar-refractivity contribution in [1.29, 1.82) is 0 Å². The van der Waals surface area contributed by atoms with Crippen LogP contribution in [0.1, 0.15) is 46.2 Å². The van der Waals surface area contributed by atoms with Gasteiger partial charge in [-0.3, -0.25) is 0 Å². The number of benzene rings is 1. The van der Waals surface area contributed by atoms with E-state index in [-0.39, 0.29) is 5.41 Å². The average Bonchev–Trinajstić information content (AvgIpc) is 2.59. The normalized spacial score (nSPS) is 17.1. The first-order valence-electron chi connectivity index (χ1n) is 9.18. The number of piperidine rings is 1. The molecule has 0 saturated carbocycles. The number of nitrogens with zero attached hydrogens (tertiary/aromatic N) is 2. The maximum absolute atomic E-state index is 11.9. The molecule has 1 aliphatic rings. The van der Waals surface area contributed by atoms with Crippen molar-refractivity contribution in [1.82, 2.24) is 9.88 Å². The Hall–Kier alpha value is -1.88. The third kappa shape index (κ3) is 4.03. The Kier molecular flexibility index (Phi) is 5.13. The molecule has 3 rings (SSSR count). The van der Waals surface area contributed by atoms with E-state index in [0.29, 0.717) is 23.9 Å². The van der Waals surface area contributed by atoms with Gasteiger partial charge < -0.3 is 14.1 Å². The third-order valence-electron chi connectivity index (χ3n) is 4.97. The van der Waals surface area contributed by atoms with E-state index < -0.39 is 5.76 Å². The van der Waals surface area contributed by atoms with Crippen LogP contribution in [0.5, 0.6) is 5.75 Å². The molecule has 0 amide bonds. The molecule has 5 nitrogen and oxygen atoms in total. The molecule has 0 radical (unpaired) electrons. The molecule has 0 spiro atoms. The van der Waals surface area contributed by atoms with Crippen LogP contribution in [0.3, 0.4) is 0 Å². The van der Waals surface area contributed by atoms with Crippen LogP contribution in [0, 0.1) is 5.92 Å². The minimum atomic E-state index is -0.565. The van der Waals surface area contributed by atoms with E-state index in [1.807, 2.05) is 39.0 Å². The van der Waals surface area contributed by atoms with Crippen molar-refractivity contribution in [2.24, 2.45) is 5.92 Å². The average molecular weight is 344 g/mol. The monoisotopic (exact) mass is 344 g/mol. The van der Waals surface area contributed by atoms with Crippen LogP contribution < -0.4 is 10.5 Å². The van der Waals surface area contributed by atoms with Crippen LogP contribution in [-0.2, 0) is 5.41 Å². The van der Waals surface area contributed by atoms with Gasteiger partial charge in [0.1, 0.15) is 0 Å². The van der Waals surface area contributed by atoms with Crippen LogP contribution in [0.25, 0.3) is 11.0 Å². The summed E-state index contributed by atoms with van der Waals surface area (Å²) in [5, 5.41) is 0.852. The van der Waals surface area contributed by atoms with Gasteiger partial charge in [-0.2, -0.15) is 4.98 Å². The van der Waals surface area contributed by atoms with Gasteiger partial charge in [-0.1, -0.05) is 33.8 Å². The lowest BCUT2D eigenvalue weighted by atomic mass is 9.89. The molecule has 1 aromatic carbocycles. The number of para-hydroxylation sites is 1. The molecular formula is C20H28N2O3. The van der Waals surface area contributed by atoms with Crippen LogP contribution >= 0.6 is 0 Å². The molecule has 1 fully saturated rings. The summed E-state index contributed by atoms with van der Waals surface area (Å²) in [6.07, 6.45) is 2.30. The summed E-state index contributed by atoms with van der Waals surface area (Å²) in [6.45, 7) is 12.4. The highest BCUT2D eigenvalue weighted by Crippen LogP contribution is 2.32. The van der Waals surface area contributed by atoms with Crippen molar-refractivity contribution in [3.63, 3.8) is 0 Å². The lowest BCUT2D eigenvalue weighted by molar-refractivity contribution is 0.146. The zero-order valence-electron chi connectivity index (χ0n) is 15.7. The zero-order valence-corrected chi connectivity index (χ0v) is 15.7. The second-order valence-electron chi connectivity index (χ2n) is 7.90. The van der Waals surface area contributed by atoms with E-state index in [2.05, 4.69) is 16.8 Å². The molecule has 0 aliphatic carbocycles. The van der Waals surface area contributed by atoms with Gasteiger partial charge in [-0.05, 0) is 50.5 Å². The zero-order chi connectivity index (χ0) is 18.0. The van der Waals surface area contributed by atoms with Crippen LogP contribution in [0.15, 0.2) is 27.4 Å². The summed E-state index contributed by atoms with van der Waals surface area (Å²) in [5.41, 5.74) is 1.03. The van der Waals surface area contributed by atoms with Crippen molar-refractivity contribution in [3.05, 3.63) is 34.4 Å². The van der Waals surface area contributed by atoms with Crippen LogP contribution in [0.2, 0.25) is 0 Å². The molecule has 1 aliphatic heterocycles. The Balaban J connectivity index is 1.83. The van der Waals surface area contributed by atoms with Gasteiger partial charge in [0, 0.05) is 10.8 Å². The van der Waals surface area contributed by atoms with E-state index in [1.165, 1.54) is 0 Å². The van der Waals surface area contributed by atoms with E-state index in [0.717, 1.165) is 43.6 Å². The van der Waals surface area contributed by atoms with Crippen molar-refractivity contribution in [3.8, 4) is 5.75 Å². The number of hydrogen-bond donors (Lipinski definition) is 0. The molecule has 5 heteroatoms. The number of hydrogen-bond acceptors (Lipinski definition) is 5. The Bertz CT molecular complexity index is 784. The first-order valence-corrected chi connectivity index (χ1v) is 9.18. The van der Waals surface area contributed by atoms with E-state index in [9.17, 15) is 4.79 Å². The largest absolute Gasteiger partial charge is 0.489 e. The van der Waals surface area contributed by atoms with E-state index in [1.54, 1.807) is 0 Å². The number of aromatic nitrogens is 1. The van der Waals surface area contributed by atoms with Crippen molar-refractivity contribution >= 4 is 11.0 Å². The molecule has 25 heavy (non-hydrogen) atoms. The number of fused-ring (bicyclic) bond motifs is 1. The predicted molar refractivity (Wildman–Crippen MR) is 99.3 cm³/mol. The van der Waals surface area contributed by atoms with Gasteiger partial charge in [-0.15, -0.1) is 0 Å². The molecule has 0 bridgehead atoms. The molecule has 0 atom stereocenters. The Labute approximate surface area is 149 Å². The maximum Gasteiger partial charge on any atom is 0.439 e. The third-order valence-corrected chi connectivity index (χ3v) is 4.97. The summed E-state index contributed by atoms with van der Waals surface area (Å²) < 4.78 is 11.5. The predicted octanol–water partition coefficient (Wildman–Crippen LogP) is 3.60. The molecule has 136 valence electrons. The number of likely N-dealkylation sites (tertiary alicyclic amines) is 1. The fraction of sp³-hybridized carbons (Fsp3) is 0.600. The highest BCUT2D eigenvalue weighted by Gasteiger charge is 2.23. The molecule has 1 saturated heterocycles. The highest BCUT2D eigenvalue weighted by molar-refractivity contribution is 5.85. The molecule has 2 heterocycles. The van der Waals surface area contributed by atoms with Crippen molar-refractivity contribution in [2.45, 2.75) is 46.0 Å². The molecule has 0 N–H and O–H groups in total. The minimum absolute atomic E-state index is 0.236. The standard InChI is InChI=1S/C20H28N2O3/c1-5-22-11-9-14(10-12-22)13-24-16-8-6-7-15-17(16)25-19(23)21-18(15)20(2,3)4/h6-8,14H,5,9-13H2,1-4H3. The fourth-order valence-corrected chi connectivity index (χ4v) is 3.43. The summed E-state index contributed by atoms with van der Waals surface area (Å²) in [4.78, 5) is 18.5. The minimum Gasteiger partial charge on any atom is -0.489 e. The van der Waals surface area contributed by atoms with E-state index >= 15 is 0 Å². The second kappa shape index (κ2) is 7.16. The fourth-order valence-electron chi connectivity index (χ4n) is 3.43. The van der Waals surface area contributed by atoms with Crippen molar-refractivity contribution < 1.29 is 9.15 Å². The molecule has 2 aromatic rings. The molecule has 1 aromatic heterocycles. The van der Waals surface area contributed by atoms with E-state index in [4.69, 9.17) is 9.15 Å². The number of ether oxygens (including phenoxy) is 1. The Morgan fingerprint density at radius 2 is 2.00 bits per heavy atom. The lowest BCUT2D eigenvalue weighted by Gasteiger charge is -2.30. The number of rotatable bonds is 4. The molecule has 0 unspecified atom stereocenters. The lowest BCUT2D eigenvalue weighted by Crippen LogP contribution is -2.35. The Morgan fingerprint density at radius 1 is 1.28 bits per heavy atom. The topological polar surface area (TPSA) is 55.6 Å². The van der Waals surface area contributed by atoms with Crippen LogP contribution in [0.4, 0.5) is 0 Å². The Morgan fingerprint density at radius 3 is 2.64 bits per heavy atom. The van der Waals surface area contributed by atoms with Gasteiger partial charge in [0.05, 0.1) is 12.3 Å². The first-order chi connectivity index (χ1) is 11.9.